The number of hydrogen-bond acceptors (Lipinski definition) is 5. The molecule has 0 aromatic heterocycles. The summed E-state index contributed by atoms with van der Waals surface area (Å²) in [5, 5.41) is 10.7. The summed E-state index contributed by atoms with van der Waals surface area (Å²) in [6.07, 6.45) is 5.29. The van der Waals surface area contributed by atoms with Crippen LogP contribution in [0.4, 0.5) is 0 Å². The largest absolute Gasteiger partial charge is 0.498 e. The topological polar surface area (TPSA) is 65.0 Å². The van der Waals surface area contributed by atoms with Crippen molar-refractivity contribution in [3.05, 3.63) is 36.1 Å². The average Bonchev–Trinajstić information content (AvgIpc) is 2.45. The maximum atomic E-state index is 11.1. The molecule has 0 saturated carbocycles. The molecule has 1 aliphatic rings. The summed E-state index contributed by atoms with van der Waals surface area (Å²) in [5.41, 5.74) is -0.478. The quantitative estimate of drug-likeness (QED) is 0.569. The summed E-state index contributed by atoms with van der Waals surface area (Å²) in [6.45, 7) is 5.39. The van der Waals surface area contributed by atoms with E-state index in [-0.39, 0.29) is 6.61 Å². The number of rotatable bonds is 7. The van der Waals surface area contributed by atoms with Crippen molar-refractivity contribution in [1.82, 2.24) is 0 Å². The predicted molar refractivity (Wildman–Crippen MR) is 75.0 cm³/mol. The van der Waals surface area contributed by atoms with Gasteiger partial charge >= 0.3 is 5.97 Å². The van der Waals surface area contributed by atoms with Gasteiger partial charge in [0, 0.05) is 13.2 Å². The van der Waals surface area contributed by atoms with Gasteiger partial charge in [0.25, 0.3) is 0 Å². The van der Waals surface area contributed by atoms with Crippen molar-refractivity contribution in [3.8, 4) is 0 Å². The van der Waals surface area contributed by atoms with Crippen molar-refractivity contribution in [1.29, 1.82) is 0 Å². The zero-order valence-corrected chi connectivity index (χ0v) is 12.2. The Morgan fingerprint density at radius 3 is 2.75 bits per heavy atom. The molecule has 0 spiro atoms. The lowest BCUT2D eigenvalue weighted by Gasteiger charge is -2.37. The van der Waals surface area contributed by atoms with Gasteiger partial charge in [-0.15, -0.1) is 0 Å². The molecule has 20 heavy (non-hydrogen) atoms. The Hall–Kier alpha value is -1.59. The lowest BCUT2D eigenvalue weighted by atomic mass is 9.83. The molecular formula is C15H22O5. The van der Waals surface area contributed by atoms with Gasteiger partial charge in [-0.3, -0.25) is 0 Å². The number of aliphatic hydroxyl groups is 1. The van der Waals surface area contributed by atoms with E-state index in [0.29, 0.717) is 17.8 Å². The van der Waals surface area contributed by atoms with Crippen molar-refractivity contribution in [2.24, 2.45) is 0 Å². The predicted octanol–water partition coefficient (Wildman–Crippen LogP) is 1.73. The zero-order chi connectivity index (χ0) is 15.2. The summed E-state index contributed by atoms with van der Waals surface area (Å²) in [7, 11) is 3.02. The first-order valence-electron chi connectivity index (χ1n) is 6.53. The van der Waals surface area contributed by atoms with Crippen LogP contribution in [0.3, 0.4) is 0 Å². The van der Waals surface area contributed by atoms with E-state index in [2.05, 4.69) is 6.58 Å². The summed E-state index contributed by atoms with van der Waals surface area (Å²) >= 11 is 0. The van der Waals surface area contributed by atoms with Gasteiger partial charge in [-0.25, -0.2) is 4.79 Å². The van der Waals surface area contributed by atoms with Crippen molar-refractivity contribution in [2.75, 3.05) is 20.8 Å². The van der Waals surface area contributed by atoms with E-state index in [1.165, 1.54) is 14.2 Å². The van der Waals surface area contributed by atoms with Crippen molar-refractivity contribution in [3.63, 3.8) is 0 Å². The average molecular weight is 282 g/mol. The summed E-state index contributed by atoms with van der Waals surface area (Å²) in [5.74, 6) is -0.0834. The van der Waals surface area contributed by atoms with E-state index in [1.807, 2.05) is 6.92 Å². The third kappa shape index (κ3) is 3.49. The van der Waals surface area contributed by atoms with Gasteiger partial charge < -0.3 is 19.3 Å². The number of methoxy groups -OCH3 is 2. The number of carbonyl (C=O) groups excluding carboxylic acids is 1. The lowest BCUT2D eigenvalue weighted by Crippen LogP contribution is -2.46. The summed E-state index contributed by atoms with van der Waals surface area (Å²) in [6, 6.07) is 0. The molecule has 0 aliphatic heterocycles. The summed E-state index contributed by atoms with van der Waals surface area (Å²) in [4.78, 5) is 11.1. The molecule has 5 heteroatoms. The molecule has 0 fully saturated rings. The third-order valence-corrected chi connectivity index (χ3v) is 3.23. The maximum absolute atomic E-state index is 11.1. The van der Waals surface area contributed by atoms with Crippen molar-refractivity contribution < 1.29 is 24.1 Å². The Balaban J connectivity index is 2.95. The van der Waals surface area contributed by atoms with Crippen LogP contribution in [0.15, 0.2) is 36.1 Å². The van der Waals surface area contributed by atoms with Crippen molar-refractivity contribution in [2.45, 2.75) is 31.5 Å². The Morgan fingerprint density at radius 2 is 2.25 bits per heavy atom. The minimum absolute atomic E-state index is 0.0831. The monoisotopic (exact) mass is 282 g/mol. The molecule has 0 radical (unpaired) electrons. The Bertz CT molecular complexity index is 424. The molecule has 1 aliphatic carbocycles. The van der Waals surface area contributed by atoms with Gasteiger partial charge in [0.1, 0.15) is 18.5 Å². The standard InChI is InChI=1S/C15H22O5/c1-5-7-15(17)12(18-3)8-11(9-13(15)19-4)10-20-14(16)6-2/h6,8-9,12,17H,2,5,7,10H2,1,3-4H3. The van der Waals surface area contributed by atoms with E-state index in [9.17, 15) is 9.90 Å². The van der Waals surface area contributed by atoms with Gasteiger partial charge in [-0.1, -0.05) is 19.9 Å². The third-order valence-electron chi connectivity index (χ3n) is 3.23. The highest BCUT2D eigenvalue weighted by Gasteiger charge is 2.42. The molecule has 2 unspecified atom stereocenters. The molecule has 0 saturated heterocycles. The first-order valence-corrected chi connectivity index (χ1v) is 6.53. The molecule has 112 valence electrons. The Labute approximate surface area is 119 Å². The van der Waals surface area contributed by atoms with E-state index in [4.69, 9.17) is 14.2 Å². The van der Waals surface area contributed by atoms with E-state index in [0.717, 1.165) is 12.5 Å². The SMILES string of the molecule is C=CC(=O)OCC1=CC(OC)C(O)(CCC)C(OC)=C1. The minimum Gasteiger partial charge on any atom is -0.498 e. The molecular weight excluding hydrogens is 260 g/mol. The first kappa shape index (κ1) is 16.5. The molecule has 0 aromatic carbocycles. The fraction of sp³-hybridized carbons (Fsp3) is 0.533. The molecule has 1 rings (SSSR count). The normalized spacial score (nSPS) is 25.5. The summed E-state index contributed by atoms with van der Waals surface area (Å²) < 4.78 is 15.6. The van der Waals surface area contributed by atoms with Crippen LogP contribution in [0.2, 0.25) is 0 Å². The Kier molecular flexibility index (Phi) is 5.98. The lowest BCUT2D eigenvalue weighted by molar-refractivity contribution is -0.136. The van der Waals surface area contributed by atoms with Crippen LogP contribution in [0.5, 0.6) is 0 Å². The maximum Gasteiger partial charge on any atom is 0.330 e. The second-order valence-corrected chi connectivity index (χ2v) is 4.60. The molecule has 2 atom stereocenters. The van der Waals surface area contributed by atoms with Crippen LogP contribution in [0.1, 0.15) is 19.8 Å². The highest BCUT2D eigenvalue weighted by Crippen LogP contribution is 2.34. The van der Waals surface area contributed by atoms with Gasteiger partial charge in [0.15, 0.2) is 5.60 Å². The van der Waals surface area contributed by atoms with Crippen LogP contribution >= 0.6 is 0 Å². The molecule has 0 heterocycles. The van der Waals surface area contributed by atoms with Crippen LogP contribution in [0, 0.1) is 0 Å². The van der Waals surface area contributed by atoms with Crippen LogP contribution in [-0.2, 0) is 19.0 Å². The van der Waals surface area contributed by atoms with Crippen LogP contribution in [0.25, 0.3) is 0 Å². The Morgan fingerprint density at radius 1 is 1.55 bits per heavy atom. The zero-order valence-electron chi connectivity index (χ0n) is 12.2. The second kappa shape index (κ2) is 7.26. The van der Waals surface area contributed by atoms with Crippen LogP contribution < -0.4 is 0 Å². The molecule has 0 bridgehead atoms. The highest BCUT2D eigenvalue weighted by molar-refractivity contribution is 5.81. The van der Waals surface area contributed by atoms with Crippen LogP contribution in [-0.4, -0.2) is 43.6 Å². The number of hydrogen-bond donors (Lipinski definition) is 1. The first-order chi connectivity index (χ1) is 9.51. The fourth-order valence-corrected chi connectivity index (χ4v) is 2.26. The van der Waals surface area contributed by atoms with Gasteiger partial charge in [0.2, 0.25) is 0 Å². The van der Waals surface area contributed by atoms with E-state index < -0.39 is 17.7 Å². The van der Waals surface area contributed by atoms with E-state index in [1.54, 1.807) is 12.2 Å². The molecule has 5 nitrogen and oxygen atoms in total. The molecule has 0 amide bonds. The molecule has 0 aromatic rings. The number of esters is 1. The molecule has 1 N–H and O–H groups in total. The van der Waals surface area contributed by atoms with Crippen molar-refractivity contribution >= 4 is 5.97 Å². The van der Waals surface area contributed by atoms with Gasteiger partial charge in [-0.05, 0) is 24.1 Å². The van der Waals surface area contributed by atoms with E-state index >= 15 is 0 Å². The number of ether oxygens (including phenoxy) is 3. The second-order valence-electron chi connectivity index (χ2n) is 4.60. The highest BCUT2D eigenvalue weighted by atomic mass is 16.5. The number of carbonyl (C=O) groups is 1. The fourth-order valence-electron chi connectivity index (χ4n) is 2.26. The van der Waals surface area contributed by atoms with Gasteiger partial charge in [-0.2, -0.15) is 0 Å². The van der Waals surface area contributed by atoms with Gasteiger partial charge in [0.05, 0.1) is 7.11 Å². The minimum atomic E-state index is -1.19. The smallest absolute Gasteiger partial charge is 0.330 e.